The molecule has 130 valence electrons. The van der Waals surface area contributed by atoms with E-state index in [0.717, 1.165) is 25.9 Å². The molecular weight excluding hydrogens is 314 g/mol. The van der Waals surface area contributed by atoms with Crippen molar-refractivity contribution in [1.29, 1.82) is 0 Å². The number of nitrogen functional groups attached to an aromatic ring is 1. The van der Waals surface area contributed by atoms with E-state index < -0.39 is 0 Å². The summed E-state index contributed by atoms with van der Waals surface area (Å²) >= 11 is 0. The Labute approximate surface area is 147 Å². The summed E-state index contributed by atoms with van der Waals surface area (Å²) in [5.41, 5.74) is 8.85. The molecule has 1 fully saturated rings. The standard InChI is InChI=1S/C20H23N3O2/c1-14(24)23-12-10-16(11-13-23)15-6-8-17(9-7-15)20(25)22-19-5-3-2-4-18(19)21/h2-9,16H,10-13,21H2,1H3,(H,22,25). The van der Waals surface area contributed by atoms with Gasteiger partial charge in [0.05, 0.1) is 11.4 Å². The first kappa shape index (κ1) is 17.0. The monoisotopic (exact) mass is 337 g/mol. The van der Waals surface area contributed by atoms with E-state index in [1.807, 2.05) is 41.3 Å². The lowest BCUT2D eigenvalue weighted by Gasteiger charge is -2.31. The quantitative estimate of drug-likeness (QED) is 0.844. The molecule has 5 heteroatoms. The zero-order valence-corrected chi connectivity index (χ0v) is 14.4. The number of rotatable bonds is 3. The van der Waals surface area contributed by atoms with Crippen LogP contribution in [0.3, 0.4) is 0 Å². The summed E-state index contributed by atoms with van der Waals surface area (Å²) in [5.74, 6) is 0.416. The third-order valence-electron chi connectivity index (χ3n) is 4.79. The second-order valence-electron chi connectivity index (χ2n) is 6.44. The van der Waals surface area contributed by atoms with E-state index in [0.29, 0.717) is 22.9 Å². The summed E-state index contributed by atoms with van der Waals surface area (Å²) < 4.78 is 0. The normalized spacial score (nSPS) is 15.0. The van der Waals surface area contributed by atoms with E-state index in [2.05, 4.69) is 5.32 Å². The topological polar surface area (TPSA) is 75.4 Å². The van der Waals surface area contributed by atoms with Crippen molar-refractivity contribution in [3.8, 4) is 0 Å². The number of hydrogen-bond donors (Lipinski definition) is 2. The van der Waals surface area contributed by atoms with Gasteiger partial charge in [0.25, 0.3) is 5.91 Å². The molecule has 0 spiro atoms. The number of likely N-dealkylation sites (tertiary alicyclic amines) is 1. The second-order valence-corrected chi connectivity index (χ2v) is 6.44. The molecule has 5 nitrogen and oxygen atoms in total. The molecule has 1 aliphatic heterocycles. The molecule has 1 aliphatic rings. The zero-order valence-electron chi connectivity index (χ0n) is 14.4. The Balaban J connectivity index is 1.63. The molecule has 0 aliphatic carbocycles. The minimum Gasteiger partial charge on any atom is -0.397 e. The van der Waals surface area contributed by atoms with Crippen LogP contribution in [-0.4, -0.2) is 29.8 Å². The van der Waals surface area contributed by atoms with Gasteiger partial charge in [0.2, 0.25) is 5.91 Å². The van der Waals surface area contributed by atoms with E-state index in [4.69, 9.17) is 5.73 Å². The number of nitrogens with two attached hydrogens (primary N) is 1. The lowest BCUT2D eigenvalue weighted by Crippen LogP contribution is -2.36. The fourth-order valence-corrected chi connectivity index (χ4v) is 3.24. The van der Waals surface area contributed by atoms with Gasteiger partial charge in [0.15, 0.2) is 0 Å². The fourth-order valence-electron chi connectivity index (χ4n) is 3.24. The van der Waals surface area contributed by atoms with Crippen molar-refractivity contribution in [1.82, 2.24) is 4.90 Å². The van der Waals surface area contributed by atoms with Crippen molar-refractivity contribution in [2.24, 2.45) is 0 Å². The summed E-state index contributed by atoms with van der Waals surface area (Å²) in [4.78, 5) is 25.7. The Morgan fingerprint density at radius 2 is 1.68 bits per heavy atom. The predicted molar refractivity (Wildman–Crippen MR) is 99.5 cm³/mol. The van der Waals surface area contributed by atoms with Crippen molar-refractivity contribution in [3.05, 3.63) is 59.7 Å². The minimum atomic E-state index is -0.171. The number of amides is 2. The van der Waals surface area contributed by atoms with Crippen LogP contribution in [0.4, 0.5) is 11.4 Å². The van der Waals surface area contributed by atoms with E-state index in [1.54, 1.807) is 19.1 Å². The number of carbonyl (C=O) groups excluding carboxylic acids is 2. The smallest absolute Gasteiger partial charge is 0.255 e. The van der Waals surface area contributed by atoms with E-state index in [1.165, 1.54) is 5.56 Å². The number of piperidine rings is 1. The number of anilines is 2. The van der Waals surface area contributed by atoms with Crippen molar-refractivity contribution in [2.75, 3.05) is 24.1 Å². The summed E-state index contributed by atoms with van der Waals surface area (Å²) in [6.45, 7) is 3.22. The van der Waals surface area contributed by atoms with Gasteiger partial charge in [-0.25, -0.2) is 0 Å². The number of carbonyl (C=O) groups is 2. The molecule has 2 amide bonds. The maximum Gasteiger partial charge on any atom is 0.255 e. The lowest BCUT2D eigenvalue weighted by atomic mass is 9.89. The molecular formula is C20H23N3O2. The number of para-hydroxylation sites is 2. The molecule has 25 heavy (non-hydrogen) atoms. The third-order valence-corrected chi connectivity index (χ3v) is 4.79. The van der Waals surface area contributed by atoms with Gasteiger partial charge in [-0.15, -0.1) is 0 Å². The van der Waals surface area contributed by atoms with E-state index in [-0.39, 0.29) is 11.8 Å². The van der Waals surface area contributed by atoms with Gasteiger partial charge >= 0.3 is 0 Å². The first-order valence-corrected chi connectivity index (χ1v) is 8.56. The average molecular weight is 337 g/mol. The van der Waals surface area contributed by atoms with Gasteiger partial charge in [-0.2, -0.15) is 0 Å². The maximum atomic E-state index is 12.4. The van der Waals surface area contributed by atoms with Gasteiger partial charge in [0.1, 0.15) is 0 Å². The average Bonchev–Trinajstić information content (AvgIpc) is 2.64. The Hall–Kier alpha value is -2.82. The second kappa shape index (κ2) is 7.38. The highest BCUT2D eigenvalue weighted by Gasteiger charge is 2.22. The fraction of sp³-hybridized carbons (Fsp3) is 0.300. The predicted octanol–water partition coefficient (Wildman–Crippen LogP) is 3.25. The molecule has 0 bridgehead atoms. The van der Waals surface area contributed by atoms with Crippen LogP contribution in [0.15, 0.2) is 48.5 Å². The largest absolute Gasteiger partial charge is 0.397 e. The van der Waals surface area contributed by atoms with Gasteiger partial charge in [0, 0.05) is 25.6 Å². The van der Waals surface area contributed by atoms with Crippen LogP contribution in [0.5, 0.6) is 0 Å². The summed E-state index contributed by atoms with van der Waals surface area (Å²) in [6, 6.07) is 14.9. The number of hydrogen-bond acceptors (Lipinski definition) is 3. The van der Waals surface area contributed by atoms with Crippen LogP contribution >= 0.6 is 0 Å². The molecule has 2 aromatic carbocycles. The first-order chi connectivity index (χ1) is 12.0. The van der Waals surface area contributed by atoms with Gasteiger partial charge in [-0.1, -0.05) is 24.3 Å². The number of nitrogens with one attached hydrogen (secondary N) is 1. The summed E-state index contributed by atoms with van der Waals surface area (Å²) in [7, 11) is 0. The van der Waals surface area contributed by atoms with Crippen LogP contribution in [-0.2, 0) is 4.79 Å². The van der Waals surface area contributed by atoms with Crippen LogP contribution in [0.25, 0.3) is 0 Å². The van der Waals surface area contributed by atoms with Crippen LogP contribution < -0.4 is 11.1 Å². The SMILES string of the molecule is CC(=O)N1CCC(c2ccc(C(=O)Nc3ccccc3N)cc2)CC1. The molecule has 1 saturated heterocycles. The Morgan fingerprint density at radius 1 is 1.04 bits per heavy atom. The Bertz CT molecular complexity index is 763. The minimum absolute atomic E-state index is 0.144. The molecule has 0 unspecified atom stereocenters. The van der Waals surface area contributed by atoms with E-state index >= 15 is 0 Å². The van der Waals surface area contributed by atoms with Crippen LogP contribution in [0, 0.1) is 0 Å². The van der Waals surface area contributed by atoms with Gasteiger partial charge in [-0.3, -0.25) is 9.59 Å². The molecule has 0 aromatic heterocycles. The van der Waals surface area contributed by atoms with Gasteiger partial charge in [-0.05, 0) is 48.6 Å². The maximum absolute atomic E-state index is 12.4. The third kappa shape index (κ3) is 3.99. The highest BCUT2D eigenvalue weighted by Crippen LogP contribution is 2.28. The molecule has 0 atom stereocenters. The Kier molecular flexibility index (Phi) is 5.03. The lowest BCUT2D eigenvalue weighted by molar-refractivity contribution is -0.129. The van der Waals surface area contributed by atoms with Gasteiger partial charge < -0.3 is 16.0 Å². The van der Waals surface area contributed by atoms with Crippen LogP contribution in [0.1, 0.15) is 41.6 Å². The molecule has 1 heterocycles. The van der Waals surface area contributed by atoms with Crippen molar-refractivity contribution < 1.29 is 9.59 Å². The van der Waals surface area contributed by atoms with E-state index in [9.17, 15) is 9.59 Å². The first-order valence-electron chi connectivity index (χ1n) is 8.56. The Morgan fingerprint density at radius 3 is 2.28 bits per heavy atom. The molecule has 0 saturated carbocycles. The molecule has 0 radical (unpaired) electrons. The zero-order chi connectivity index (χ0) is 17.8. The molecule has 3 rings (SSSR count). The number of nitrogens with zero attached hydrogens (tertiary/aromatic N) is 1. The summed E-state index contributed by atoms with van der Waals surface area (Å²) in [6.07, 6.45) is 1.93. The van der Waals surface area contributed by atoms with Crippen molar-refractivity contribution in [2.45, 2.75) is 25.7 Å². The molecule has 2 aromatic rings. The van der Waals surface area contributed by atoms with Crippen LogP contribution in [0.2, 0.25) is 0 Å². The van der Waals surface area contributed by atoms with Crippen molar-refractivity contribution in [3.63, 3.8) is 0 Å². The molecule has 3 N–H and O–H groups in total. The highest BCUT2D eigenvalue weighted by molar-refractivity contribution is 6.05. The van der Waals surface area contributed by atoms with Crippen molar-refractivity contribution >= 4 is 23.2 Å². The summed E-state index contributed by atoms with van der Waals surface area (Å²) in [5, 5.41) is 2.84. The number of benzene rings is 2. The highest BCUT2D eigenvalue weighted by atomic mass is 16.2.